The number of sulfonamides is 1. The summed E-state index contributed by atoms with van der Waals surface area (Å²) >= 11 is 5.08. The molecule has 1 rings (SSSR count). The molecule has 1 fully saturated rings. The minimum absolute atomic E-state index is 0.0807. The Bertz CT molecular complexity index is 399. The molecule has 1 saturated heterocycles. The van der Waals surface area contributed by atoms with E-state index in [1.54, 1.807) is 0 Å². The molecular weight excluding hydrogens is 270 g/mol. The van der Waals surface area contributed by atoms with Gasteiger partial charge in [-0.15, -0.1) is 0 Å². The zero-order valence-corrected chi connectivity index (χ0v) is 12.9. The van der Waals surface area contributed by atoms with Crippen LogP contribution in [0.1, 0.15) is 26.7 Å². The van der Waals surface area contributed by atoms with Crippen LogP contribution in [-0.2, 0) is 10.0 Å². The van der Waals surface area contributed by atoms with Crippen molar-refractivity contribution in [2.75, 3.05) is 25.9 Å². The van der Waals surface area contributed by atoms with Gasteiger partial charge in [-0.05, 0) is 25.8 Å². The molecule has 0 aliphatic carbocycles. The molecule has 5 nitrogen and oxygen atoms in total. The maximum absolute atomic E-state index is 12.1. The van der Waals surface area contributed by atoms with Gasteiger partial charge in [0.2, 0.25) is 10.0 Å². The third kappa shape index (κ3) is 4.15. The molecule has 0 saturated carbocycles. The Hall–Kier alpha value is -0.240. The van der Waals surface area contributed by atoms with Gasteiger partial charge >= 0.3 is 0 Å². The van der Waals surface area contributed by atoms with Crippen molar-refractivity contribution in [1.82, 2.24) is 9.62 Å². The molecular formula is C11H23N3O2S2. The van der Waals surface area contributed by atoms with E-state index in [4.69, 9.17) is 18.0 Å². The van der Waals surface area contributed by atoms with E-state index in [0.29, 0.717) is 12.8 Å². The Morgan fingerprint density at radius 1 is 1.44 bits per heavy atom. The van der Waals surface area contributed by atoms with Crippen LogP contribution in [-0.4, -0.2) is 49.7 Å². The van der Waals surface area contributed by atoms with Crippen LogP contribution in [0.4, 0.5) is 0 Å². The van der Waals surface area contributed by atoms with Gasteiger partial charge in [0, 0.05) is 13.1 Å². The fourth-order valence-corrected chi connectivity index (χ4v) is 4.37. The van der Waals surface area contributed by atoms with Gasteiger partial charge in [-0.3, -0.25) is 0 Å². The predicted octanol–water partition coefficient (Wildman–Crippen LogP) is 0.312. The highest BCUT2D eigenvalue weighted by Gasteiger charge is 2.39. The normalized spacial score (nSPS) is 21.1. The largest absolute Gasteiger partial charge is 0.392 e. The van der Waals surface area contributed by atoms with Gasteiger partial charge in [0.1, 0.15) is 0 Å². The SMILES string of the molecule is CC(C)CS(=O)(=O)NC1(C(N)=S)CCN(C)CC1. The molecule has 0 amide bonds. The summed E-state index contributed by atoms with van der Waals surface area (Å²) in [7, 11) is -1.33. The fraction of sp³-hybridized carbons (Fsp3) is 0.909. The highest BCUT2D eigenvalue weighted by molar-refractivity contribution is 7.89. The average molecular weight is 293 g/mol. The number of rotatable bonds is 5. The first-order chi connectivity index (χ1) is 8.17. The van der Waals surface area contributed by atoms with Crippen LogP contribution < -0.4 is 10.5 Å². The summed E-state index contributed by atoms with van der Waals surface area (Å²) in [5.41, 5.74) is 5.03. The van der Waals surface area contributed by atoms with Gasteiger partial charge in [-0.1, -0.05) is 26.1 Å². The van der Waals surface area contributed by atoms with E-state index in [0.717, 1.165) is 13.1 Å². The molecule has 1 aliphatic rings. The van der Waals surface area contributed by atoms with Crippen molar-refractivity contribution in [3.63, 3.8) is 0 Å². The third-order valence-corrected chi connectivity index (χ3v) is 5.41. The predicted molar refractivity (Wildman–Crippen MR) is 78.0 cm³/mol. The molecule has 106 valence electrons. The summed E-state index contributed by atoms with van der Waals surface area (Å²) in [5, 5.41) is 0. The molecule has 0 bridgehead atoms. The number of hydrogen-bond donors (Lipinski definition) is 2. The molecule has 0 aromatic heterocycles. The lowest BCUT2D eigenvalue weighted by Crippen LogP contribution is -2.61. The van der Waals surface area contributed by atoms with Crippen LogP contribution in [0.5, 0.6) is 0 Å². The van der Waals surface area contributed by atoms with E-state index in [1.807, 2.05) is 20.9 Å². The second kappa shape index (κ2) is 5.81. The zero-order valence-electron chi connectivity index (χ0n) is 11.3. The number of nitrogens with two attached hydrogens (primary N) is 1. The standard InChI is InChI=1S/C11H23N3O2S2/c1-9(2)8-18(15,16)13-11(10(12)17)4-6-14(3)7-5-11/h9,13H,4-8H2,1-3H3,(H2,12,17). The summed E-state index contributed by atoms with van der Waals surface area (Å²) in [6.45, 7) is 5.34. The highest BCUT2D eigenvalue weighted by atomic mass is 32.2. The van der Waals surface area contributed by atoms with Gasteiger partial charge in [0.05, 0.1) is 16.3 Å². The molecule has 1 aliphatic heterocycles. The van der Waals surface area contributed by atoms with Gasteiger partial charge < -0.3 is 10.6 Å². The molecule has 0 aromatic rings. The van der Waals surface area contributed by atoms with Crippen molar-refractivity contribution in [3.05, 3.63) is 0 Å². The van der Waals surface area contributed by atoms with E-state index in [2.05, 4.69) is 9.62 Å². The number of hydrogen-bond acceptors (Lipinski definition) is 4. The molecule has 3 N–H and O–H groups in total. The third-order valence-electron chi connectivity index (χ3n) is 3.22. The second-order valence-electron chi connectivity index (χ2n) is 5.53. The fourth-order valence-electron chi connectivity index (χ4n) is 2.18. The molecule has 1 heterocycles. The number of nitrogens with zero attached hydrogens (tertiary/aromatic N) is 1. The lowest BCUT2D eigenvalue weighted by molar-refractivity contribution is 0.220. The van der Waals surface area contributed by atoms with Crippen LogP contribution in [0.15, 0.2) is 0 Å². The van der Waals surface area contributed by atoms with Crippen molar-refractivity contribution in [2.45, 2.75) is 32.2 Å². The first-order valence-electron chi connectivity index (χ1n) is 6.17. The smallest absolute Gasteiger partial charge is 0.212 e. The minimum atomic E-state index is -3.34. The van der Waals surface area contributed by atoms with Crippen molar-refractivity contribution in [1.29, 1.82) is 0 Å². The van der Waals surface area contributed by atoms with Gasteiger partial charge in [-0.2, -0.15) is 0 Å². The Morgan fingerprint density at radius 2 is 1.94 bits per heavy atom. The van der Waals surface area contributed by atoms with Crippen molar-refractivity contribution >= 4 is 27.2 Å². The second-order valence-corrected chi connectivity index (χ2v) is 7.73. The highest BCUT2D eigenvalue weighted by Crippen LogP contribution is 2.23. The lowest BCUT2D eigenvalue weighted by atomic mass is 9.89. The maximum atomic E-state index is 12.1. The van der Waals surface area contributed by atoms with Crippen LogP contribution in [0.3, 0.4) is 0 Å². The molecule has 0 unspecified atom stereocenters. The molecule has 0 atom stereocenters. The first-order valence-corrected chi connectivity index (χ1v) is 8.23. The van der Waals surface area contributed by atoms with Crippen LogP contribution in [0.2, 0.25) is 0 Å². The Kier molecular flexibility index (Phi) is 5.11. The number of piperidine rings is 1. The summed E-state index contributed by atoms with van der Waals surface area (Å²) in [6, 6.07) is 0. The van der Waals surface area contributed by atoms with Crippen molar-refractivity contribution in [3.8, 4) is 0 Å². The van der Waals surface area contributed by atoms with Crippen molar-refractivity contribution in [2.24, 2.45) is 11.7 Å². The first kappa shape index (κ1) is 15.8. The summed E-state index contributed by atoms with van der Waals surface area (Å²) in [4.78, 5) is 2.40. The van der Waals surface area contributed by atoms with Crippen LogP contribution >= 0.6 is 12.2 Å². The van der Waals surface area contributed by atoms with E-state index < -0.39 is 15.6 Å². The number of thiocarbonyl (C=S) groups is 1. The summed E-state index contributed by atoms with van der Waals surface area (Å²) in [6.07, 6.45) is 1.27. The number of nitrogens with one attached hydrogen (secondary N) is 1. The molecule has 0 aromatic carbocycles. The Balaban J connectivity index is 2.85. The molecule has 7 heteroatoms. The molecule has 0 radical (unpaired) electrons. The zero-order chi connectivity index (χ0) is 14.0. The Labute approximate surface area is 115 Å². The van der Waals surface area contributed by atoms with Crippen LogP contribution in [0.25, 0.3) is 0 Å². The van der Waals surface area contributed by atoms with Gasteiger partial charge in [0.15, 0.2) is 0 Å². The lowest BCUT2D eigenvalue weighted by Gasteiger charge is -2.40. The minimum Gasteiger partial charge on any atom is -0.392 e. The van der Waals surface area contributed by atoms with Gasteiger partial charge in [-0.25, -0.2) is 13.1 Å². The topological polar surface area (TPSA) is 75.4 Å². The quantitative estimate of drug-likeness (QED) is 0.714. The monoisotopic (exact) mass is 293 g/mol. The van der Waals surface area contributed by atoms with Gasteiger partial charge in [0.25, 0.3) is 0 Å². The van der Waals surface area contributed by atoms with E-state index in [9.17, 15) is 8.42 Å². The van der Waals surface area contributed by atoms with E-state index in [1.165, 1.54) is 0 Å². The summed E-state index contributed by atoms with van der Waals surface area (Å²) < 4.78 is 26.9. The molecule has 18 heavy (non-hydrogen) atoms. The summed E-state index contributed by atoms with van der Waals surface area (Å²) in [5.74, 6) is 0.185. The number of likely N-dealkylation sites (tertiary alicyclic amines) is 1. The maximum Gasteiger partial charge on any atom is 0.212 e. The van der Waals surface area contributed by atoms with Crippen LogP contribution in [0, 0.1) is 5.92 Å². The van der Waals surface area contributed by atoms with Crippen molar-refractivity contribution < 1.29 is 8.42 Å². The average Bonchev–Trinajstić information content (AvgIpc) is 2.19. The Morgan fingerprint density at radius 3 is 2.33 bits per heavy atom. The molecule has 0 spiro atoms. The van der Waals surface area contributed by atoms with E-state index >= 15 is 0 Å². The van der Waals surface area contributed by atoms with E-state index in [-0.39, 0.29) is 16.7 Å².